The van der Waals surface area contributed by atoms with E-state index in [4.69, 9.17) is 0 Å². The van der Waals surface area contributed by atoms with Crippen molar-refractivity contribution < 1.29 is 4.63 Å². The summed E-state index contributed by atoms with van der Waals surface area (Å²) in [5.74, 6) is 0.486. The van der Waals surface area contributed by atoms with Crippen molar-refractivity contribution in [1.29, 1.82) is 0 Å². The van der Waals surface area contributed by atoms with Crippen LogP contribution in [0.1, 0.15) is 0 Å². The molecule has 0 bridgehead atoms. The van der Waals surface area contributed by atoms with Gasteiger partial charge in [-0.05, 0) is 32.9 Å². The minimum Gasteiger partial charge on any atom is -0.337 e. The molecule has 0 atom stereocenters. The van der Waals surface area contributed by atoms with E-state index in [9.17, 15) is 0 Å². The van der Waals surface area contributed by atoms with Gasteiger partial charge >= 0.3 is 0 Å². The van der Waals surface area contributed by atoms with Crippen LogP contribution in [-0.2, 0) is 0 Å². The van der Waals surface area contributed by atoms with Crippen LogP contribution in [-0.4, -0.2) is 35.3 Å². The Hall–Kier alpha value is -3.10. The number of nitrogens with one attached hydrogen (secondary N) is 1. The first-order valence-corrected chi connectivity index (χ1v) is 5.44. The van der Waals surface area contributed by atoms with E-state index in [1.54, 1.807) is 0 Å². The van der Waals surface area contributed by atoms with Crippen molar-refractivity contribution in [2.75, 3.05) is 5.32 Å². The number of hydrogen-bond donors (Lipinski definition) is 1. The van der Waals surface area contributed by atoms with Gasteiger partial charge in [0.15, 0.2) is 5.82 Å². The molecule has 9 heteroatoms. The molecule has 0 amide bonds. The van der Waals surface area contributed by atoms with Crippen LogP contribution in [0.5, 0.6) is 0 Å². The van der Waals surface area contributed by atoms with Gasteiger partial charge in [0.25, 0.3) is 0 Å². The molecule has 0 spiro atoms. The van der Waals surface area contributed by atoms with Crippen molar-refractivity contribution in [2.24, 2.45) is 0 Å². The second-order valence-electron chi connectivity index (χ2n) is 3.78. The highest BCUT2D eigenvalue weighted by Crippen LogP contribution is 2.20. The maximum absolute atomic E-state index is 4.64. The Balaban J connectivity index is 1.94. The van der Waals surface area contributed by atoms with Crippen LogP contribution in [0.25, 0.3) is 16.9 Å². The molecule has 0 aliphatic carbocycles. The molecule has 0 fully saturated rings. The average Bonchev–Trinajstić information content (AvgIpc) is 3.07. The van der Waals surface area contributed by atoms with Crippen LogP contribution in [0, 0.1) is 0 Å². The molecule has 0 saturated heterocycles. The van der Waals surface area contributed by atoms with Gasteiger partial charge < -0.3 is 5.32 Å². The Morgan fingerprint density at radius 3 is 2.84 bits per heavy atom. The highest BCUT2D eigenvalue weighted by Gasteiger charge is 2.15. The standard InChI is InChI=1S/C10H6N8O/c1-2-4-6(5-3-1)11-7-9-13-16-17-18(9)10-8(12-7)14-19-15-10/h1-5H,(H,11,12,14). The van der Waals surface area contributed by atoms with Gasteiger partial charge in [-0.2, -0.15) is 4.52 Å². The summed E-state index contributed by atoms with van der Waals surface area (Å²) in [7, 11) is 0. The number of fused-ring (bicyclic) bond motifs is 3. The van der Waals surface area contributed by atoms with Gasteiger partial charge in [0, 0.05) is 5.69 Å². The van der Waals surface area contributed by atoms with E-state index in [-0.39, 0.29) is 0 Å². The van der Waals surface area contributed by atoms with E-state index >= 15 is 0 Å². The smallest absolute Gasteiger partial charge is 0.248 e. The molecule has 1 N–H and O–H groups in total. The topological polar surface area (TPSA) is 107 Å². The molecular formula is C10H6N8O. The molecule has 19 heavy (non-hydrogen) atoms. The van der Waals surface area contributed by atoms with Crippen molar-refractivity contribution in [2.45, 2.75) is 0 Å². The summed E-state index contributed by atoms with van der Waals surface area (Å²) in [5.41, 5.74) is 2.03. The van der Waals surface area contributed by atoms with E-state index in [2.05, 4.69) is 40.8 Å². The zero-order valence-corrected chi connectivity index (χ0v) is 9.43. The third-order valence-electron chi connectivity index (χ3n) is 2.59. The molecule has 0 aliphatic heterocycles. The number of nitrogens with zero attached hydrogens (tertiary/aromatic N) is 7. The lowest BCUT2D eigenvalue weighted by molar-refractivity contribution is 0.313. The molecule has 0 unspecified atom stereocenters. The van der Waals surface area contributed by atoms with Crippen LogP contribution in [0.3, 0.4) is 0 Å². The molecule has 4 rings (SSSR count). The van der Waals surface area contributed by atoms with Crippen LogP contribution in [0.2, 0.25) is 0 Å². The first-order valence-electron chi connectivity index (χ1n) is 5.44. The molecule has 0 saturated carbocycles. The SMILES string of the molecule is c1ccc(Nc2nc3nonc3n3nnnc23)cc1. The predicted molar refractivity (Wildman–Crippen MR) is 63.7 cm³/mol. The van der Waals surface area contributed by atoms with Crippen LogP contribution < -0.4 is 5.32 Å². The number of para-hydroxylation sites is 1. The van der Waals surface area contributed by atoms with Crippen molar-refractivity contribution >= 4 is 28.4 Å². The Morgan fingerprint density at radius 2 is 1.95 bits per heavy atom. The predicted octanol–water partition coefficient (Wildman–Crippen LogP) is 0.799. The van der Waals surface area contributed by atoms with E-state index in [1.165, 1.54) is 4.52 Å². The molecule has 9 nitrogen and oxygen atoms in total. The fourth-order valence-electron chi connectivity index (χ4n) is 1.76. The number of tetrazole rings is 1. The van der Waals surface area contributed by atoms with Crippen LogP contribution >= 0.6 is 0 Å². The second kappa shape index (κ2) is 3.70. The normalized spacial score (nSPS) is 11.2. The summed E-state index contributed by atoms with van der Waals surface area (Å²) in [6.45, 7) is 0. The maximum Gasteiger partial charge on any atom is 0.248 e. The van der Waals surface area contributed by atoms with E-state index < -0.39 is 0 Å². The minimum atomic E-state index is 0.332. The number of aromatic nitrogens is 7. The van der Waals surface area contributed by atoms with Crippen molar-refractivity contribution in [1.82, 2.24) is 35.3 Å². The molecule has 92 valence electrons. The van der Waals surface area contributed by atoms with Gasteiger partial charge in [-0.3, -0.25) is 0 Å². The van der Waals surface area contributed by atoms with E-state index in [0.717, 1.165) is 5.69 Å². The number of benzene rings is 1. The Bertz CT molecular complexity index is 852. The van der Waals surface area contributed by atoms with Gasteiger partial charge in [-0.15, -0.1) is 5.10 Å². The number of anilines is 2. The Labute approximate surface area is 105 Å². The molecule has 1 aromatic carbocycles. The van der Waals surface area contributed by atoms with Crippen LogP contribution in [0.15, 0.2) is 35.0 Å². The molecular weight excluding hydrogens is 248 g/mol. The molecule has 0 radical (unpaired) electrons. The minimum absolute atomic E-state index is 0.332. The summed E-state index contributed by atoms with van der Waals surface area (Å²) in [4.78, 5) is 4.29. The summed E-state index contributed by atoms with van der Waals surface area (Å²) < 4.78 is 6.06. The zero-order valence-electron chi connectivity index (χ0n) is 9.43. The maximum atomic E-state index is 4.64. The van der Waals surface area contributed by atoms with Crippen molar-refractivity contribution in [3.8, 4) is 0 Å². The molecule has 3 aromatic heterocycles. The van der Waals surface area contributed by atoms with Gasteiger partial charge in [-0.1, -0.05) is 18.2 Å². The van der Waals surface area contributed by atoms with E-state index in [1.807, 2.05) is 30.3 Å². The summed E-state index contributed by atoms with van der Waals surface area (Å²) >= 11 is 0. The number of hydrogen-bond acceptors (Lipinski definition) is 8. The van der Waals surface area contributed by atoms with Gasteiger partial charge in [0.05, 0.1) is 0 Å². The molecule has 3 heterocycles. The second-order valence-corrected chi connectivity index (χ2v) is 3.78. The monoisotopic (exact) mass is 254 g/mol. The fourth-order valence-corrected chi connectivity index (χ4v) is 1.76. The first kappa shape index (κ1) is 9.88. The zero-order chi connectivity index (χ0) is 12.7. The van der Waals surface area contributed by atoms with Crippen molar-refractivity contribution in [3.05, 3.63) is 30.3 Å². The fraction of sp³-hybridized carbons (Fsp3) is 0. The third kappa shape index (κ3) is 1.48. The largest absolute Gasteiger partial charge is 0.337 e. The van der Waals surface area contributed by atoms with Gasteiger partial charge in [0.1, 0.15) is 0 Å². The Morgan fingerprint density at radius 1 is 1.05 bits per heavy atom. The average molecular weight is 254 g/mol. The highest BCUT2D eigenvalue weighted by molar-refractivity contribution is 5.78. The summed E-state index contributed by atoms with van der Waals surface area (Å²) in [6.07, 6.45) is 0. The quantitative estimate of drug-likeness (QED) is 0.559. The lowest BCUT2D eigenvalue weighted by Crippen LogP contribution is -2.00. The summed E-state index contributed by atoms with van der Waals surface area (Å²) in [6, 6.07) is 9.58. The van der Waals surface area contributed by atoms with Gasteiger partial charge in [0.2, 0.25) is 16.9 Å². The van der Waals surface area contributed by atoms with Crippen molar-refractivity contribution in [3.63, 3.8) is 0 Å². The Kier molecular flexibility index (Phi) is 1.92. The lowest BCUT2D eigenvalue weighted by atomic mass is 10.3. The summed E-state index contributed by atoms with van der Waals surface area (Å²) in [5, 5.41) is 21.9. The third-order valence-corrected chi connectivity index (χ3v) is 2.59. The molecule has 4 aromatic rings. The first-order chi connectivity index (χ1) is 9.42. The lowest BCUT2D eigenvalue weighted by Gasteiger charge is -2.04. The van der Waals surface area contributed by atoms with E-state index in [0.29, 0.717) is 22.8 Å². The van der Waals surface area contributed by atoms with Gasteiger partial charge in [-0.25, -0.2) is 9.61 Å². The highest BCUT2D eigenvalue weighted by atomic mass is 16.6. The molecule has 0 aliphatic rings. The number of rotatable bonds is 2. The van der Waals surface area contributed by atoms with Crippen LogP contribution in [0.4, 0.5) is 11.5 Å².